The largest absolute Gasteiger partial charge is 0.486 e. The molecule has 1 saturated carbocycles. The van der Waals surface area contributed by atoms with Gasteiger partial charge in [0.05, 0.1) is 12.6 Å². The first kappa shape index (κ1) is 24.4. The Bertz CT molecular complexity index is 1260. The molecule has 188 valence electrons. The number of amides is 2. The monoisotopic (exact) mass is 509 g/mol. The van der Waals surface area contributed by atoms with Gasteiger partial charge in [-0.3, -0.25) is 9.59 Å². The summed E-state index contributed by atoms with van der Waals surface area (Å²) in [4.78, 5) is 31.6. The van der Waals surface area contributed by atoms with Gasteiger partial charge in [0.25, 0.3) is 5.91 Å². The van der Waals surface area contributed by atoms with Crippen LogP contribution in [0, 0.1) is 11.7 Å². The Balaban J connectivity index is 1.35. The topological polar surface area (TPSA) is 80.8 Å². The highest BCUT2D eigenvalue weighted by Crippen LogP contribution is 2.41. The lowest BCUT2D eigenvalue weighted by atomic mass is 9.87. The second-order valence-electron chi connectivity index (χ2n) is 9.04. The normalized spacial score (nSPS) is 16.9. The van der Waals surface area contributed by atoms with Gasteiger partial charge >= 0.3 is 0 Å². The molecule has 1 aliphatic carbocycles. The number of rotatable bonds is 9. The quantitative estimate of drug-likeness (QED) is 0.439. The molecule has 1 aromatic heterocycles. The second-order valence-corrected chi connectivity index (χ2v) is 9.98. The zero-order valence-electron chi connectivity index (χ0n) is 20.0. The average molecular weight is 510 g/mol. The Morgan fingerprint density at radius 1 is 1.22 bits per heavy atom. The molecule has 1 atom stereocenters. The molecule has 0 radical (unpaired) electrons. The van der Waals surface area contributed by atoms with E-state index in [9.17, 15) is 14.0 Å². The number of benzene rings is 2. The van der Waals surface area contributed by atoms with Crippen molar-refractivity contribution in [3.8, 4) is 5.75 Å². The van der Waals surface area contributed by atoms with Crippen LogP contribution in [0.5, 0.6) is 5.75 Å². The third kappa shape index (κ3) is 5.42. The van der Waals surface area contributed by atoms with E-state index < -0.39 is 0 Å². The van der Waals surface area contributed by atoms with Crippen LogP contribution in [0.3, 0.4) is 0 Å². The molecule has 1 fully saturated rings. The number of hydrogen-bond donors (Lipinski definition) is 1. The van der Waals surface area contributed by atoms with Gasteiger partial charge in [-0.1, -0.05) is 18.2 Å². The van der Waals surface area contributed by atoms with Crippen LogP contribution in [0.1, 0.15) is 51.1 Å². The van der Waals surface area contributed by atoms with E-state index >= 15 is 0 Å². The number of ether oxygens (including phenoxy) is 2. The van der Waals surface area contributed by atoms with Crippen LogP contribution in [0.4, 0.5) is 4.39 Å². The summed E-state index contributed by atoms with van der Waals surface area (Å²) in [5, 5.41) is 5.13. The molecular weight excluding hydrogens is 481 g/mol. The van der Waals surface area contributed by atoms with Gasteiger partial charge in [0.2, 0.25) is 5.91 Å². The van der Waals surface area contributed by atoms with Crippen LogP contribution in [0.15, 0.2) is 47.8 Å². The Kier molecular flexibility index (Phi) is 7.29. The molecule has 2 aromatic carbocycles. The summed E-state index contributed by atoms with van der Waals surface area (Å²) in [6, 6.07) is 12.0. The van der Waals surface area contributed by atoms with Crippen LogP contribution in [0.25, 0.3) is 0 Å². The zero-order valence-corrected chi connectivity index (χ0v) is 20.9. The first-order chi connectivity index (χ1) is 17.5. The molecule has 9 heteroatoms. The summed E-state index contributed by atoms with van der Waals surface area (Å²) >= 11 is 1.36. The number of thiazole rings is 1. The summed E-state index contributed by atoms with van der Waals surface area (Å²) in [6.07, 6.45) is 2.58. The van der Waals surface area contributed by atoms with Crippen molar-refractivity contribution in [2.45, 2.75) is 31.9 Å². The summed E-state index contributed by atoms with van der Waals surface area (Å²) < 4.78 is 25.1. The van der Waals surface area contributed by atoms with Gasteiger partial charge in [0, 0.05) is 31.5 Å². The number of nitrogens with one attached hydrogen (secondary N) is 1. The second kappa shape index (κ2) is 10.8. The van der Waals surface area contributed by atoms with Crippen molar-refractivity contribution in [1.29, 1.82) is 0 Å². The van der Waals surface area contributed by atoms with Crippen LogP contribution >= 0.6 is 11.3 Å². The molecule has 2 amide bonds. The maximum Gasteiger partial charge on any atom is 0.270 e. The van der Waals surface area contributed by atoms with E-state index in [-0.39, 0.29) is 36.2 Å². The van der Waals surface area contributed by atoms with E-state index in [0.29, 0.717) is 36.1 Å². The van der Waals surface area contributed by atoms with E-state index in [4.69, 9.17) is 9.47 Å². The lowest BCUT2D eigenvalue weighted by Gasteiger charge is -2.38. The fourth-order valence-electron chi connectivity index (χ4n) is 4.51. The molecule has 0 saturated heterocycles. The van der Waals surface area contributed by atoms with Crippen molar-refractivity contribution < 1.29 is 23.5 Å². The Labute approximate surface area is 213 Å². The highest BCUT2D eigenvalue weighted by molar-refractivity contribution is 7.09. The predicted octanol–water partition coefficient (Wildman–Crippen LogP) is 4.12. The summed E-state index contributed by atoms with van der Waals surface area (Å²) in [5.74, 6) is 0.281. The molecule has 3 aromatic rings. The minimum Gasteiger partial charge on any atom is -0.486 e. The average Bonchev–Trinajstić information content (AvgIpc) is 3.63. The number of carbonyl (C=O) groups excluding carboxylic acids is 2. The van der Waals surface area contributed by atoms with Gasteiger partial charge in [-0.25, -0.2) is 9.37 Å². The molecule has 1 aliphatic heterocycles. The van der Waals surface area contributed by atoms with Crippen LogP contribution in [-0.2, 0) is 22.6 Å². The van der Waals surface area contributed by atoms with Gasteiger partial charge in [-0.15, -0.1) is 11.3 Å². The Morgan fingerprint density at radius 3 is 2.86 bits per heavy atom. The van der Waals surface area contributed by atoms with Gasteiger partial charge in [-0.05, 0) is 60.2 Å². The molecule has 2 heterocycles. The van der Waals surface area contributed by atoms with Gasteiger partial charge in [0.15, 0.2) is 0 Å². The van der Waals surface area contributed by atoms with E-state index in [1.807, 2.05) is 29.2 Å². The SMILES string of the molecule is COCCNC(=O)c1csc(COc2ccc3c(c2)C(c2cccc(F)c2)N(C(=O)C2CC2)CC3)n1. The van der Waals surface area contributed by atoms with Crippen molar-refractivity contribution in [2.75, 3.05) is 26.8 Å². The van der Waals surface area contributed by atoms with E-state index in [1.165, 1.54) is 23.5 Å². The maximum absolute atomic E-state index is 14.2. The third-order valence-corrected chi connectivity index (χ3v) is 7.28. The first-order valence-electron chi connectivity index (χ1n) is 12.1. The highest BCUT2D eigenvalue weighted by atomic mass is 32.1. The highest BCUT2D eigenvalue weighted by Gasteiger charge is 2.39. The summed E-state index contributed by atoms with van der Waals surface area (Å²) in [6.45, 7) is 1.67. The lowest BCUT2D eigenvalue weighted by molar-refractivity contribution is -0.134. The van der Waals surface area contributed by atoms with Gasteiger partial charge in [0.1, 0.15) is 28.9 Å². The predicted molar refractivity (Wildman–Crippen MR) is 133 cm³/mol. The Hall–Kier alpha value is -3.30. The molecule has 5 rings (SSSR count). The number of carbonyl (C=O) groups is 2. The standard InChI is InChI=1S/C27H28FN3O4S/c1-34-12-10-29-26(32)23-16-36-24(30-23)15-35-21-8-7-17-9-11-31(27(33)18-5-6-18)25(22(17)14-21)19-3-2-4-20(28)13-19/h2-4,7-8,13-14,16,18,25H,5-6,9-12,15H2,1H3,(H,29,32). The molecule has 1 N–H and O–H groups in total. The van der Waals surface area contributed by atoms with Crippen molar-refractivity contribution in [1.82, 2.24) is 15.2 Å². The molecule has 0 bridgehead atoms. The molecule has 1 unspecified atom stereocenters. The van der Waals surface area contributed by atoms with Crippen LogP contribution in [0.2, 0.25) is 0 Å². The number of methoxy groups -OCH3 is 1. The minimum atomic E-state index is -0.358. The van der Waals surface area contributed by atoms with Crippen molar-refractivity contribution >= 4 is 23.2 Å². The molecular formula is C27H28FN3O4S. The molecule has 36 heavy (non-hydrogen) atoms. The van der Waals surface area contributed by atoms with Crippen molar-refractivity contribution in [2.24, 2.45) is 5.92 Å². The maximum atomic E-state index is 14.2. The van der Waals surface area contributed by atoms with E-state index in [2.05, 4.69) is 10.3 Å². The third-order valence-electron chi connectivity index (χ3n) is 6.46. The number of fused-ring (bicyclic) bond motifs is 1. The van der Waals surface area contributed by atoms with Crippen molar-refractivity contribution in [3.05, 3.63) is 81.1 Å². The minimum absolute atomic E-state index is 0.0767. The van der Waals surface area contributed by atoms with Gasteiger partial charge < -0.3 is 19.7 Å². The summed E-state index contributed by atoms with van der Waals surface area (Å²) in [7, 11) is 1.58. The fraction of sp³-hybridized carbons (Fsp3) is 0.370. The number of hydrogen-bond acceptors (Lipinski definition) is 6. The molecule has 7 nitrogen and oxygen atoms in total. The fourth-order valence-corrected chi connectivity index (χ4v) is 5.19. The molecule has 0 spiro atoms. The zero-order chi connectivity index (χ0) is 25.1. The Morgan fingerprint density at radius 2 is 2.08 bits per heavy atom. The number of halogens is 1. The van der Waals surface area contributed by atoms with E-state index in [0.717, 1.165) is 36.0 Å². The van der Waals surface area contributed by atoms with Gasteiger partial charge in [-0.2, -0.15) is 0 Å². The van der Waals surface area contributed by atoms with Crippen LogP contribution in [-0.4, -0.2) is 48.5 Å². The van der Waals surface area contributed by atoms with Crippen LogP contribution < -0.4 is 10.1 Å². The number of nitrogens with zero attached hydrogens (tertiary/aromatic N) is 2. The molecule has 2 aliphatic rings. The first-order valence-corrected chi connectivity index (χ1v) is 12.9. The van der Waals surface area contributed by atoms with E-state index in [1.54, 1.807) is 18.6 Å². The smallest absolute Gasteiger partial charge is 0.270 e. The lowest BCUT2D eigenvalue weighted by Crippen LogP contribution is -2.41. The number of aromatic nitrogens is 1. The summed E-state index contributed by atoms with van der Waals surface area (Å²) in [5.41, 5.74) is 3.18. The van der Waals surface area contributed by atoms with Crippen molar-refractivity contribution in [3.63, 3.8) is 0 Å².